The molecule has 3 aromatic rings. The van der Waals surface area contributed by atoms with Crippen LogP contribution in [-0.2, 0) is 32.0 Å². The van der Waals surface area contributed by atoms with E-state index < -0.39 is 17.7 Å². The number of ether oxygens (including phenoxy) is 1. The van der Waals surface area contributed by atoms with Crippen molar-refractivity contribution in [1.82, 2.24) is 4.98 Å². The standard InChI is InChI=1S/C28H26N2O5/c1-2-35-24(32)18-20-8-11-22(12-9-20)30-26(21-14-16-29-17-15-21)25(27(33)28(30)34)23(31)13-10-19-6-4-3-5-7-19/h3-9,11-12,14-17,26,33H,2,10,13,18H2,1H3. The molecule has 4 rings (SSSR count). The molecule has 0 aliphatic carbocycles. The van der Waals surface area contributed by atoms with Crippen LogP contribution in [0.25, 0.3) is 0 Å². The van der Waals surface area contributed by atoms with Crippen molar-refractivity contribution in [3.05, 3.63) is 107 Å². The maximum Gasteiger partial charge on any atom is 0.310 e. The second-order valence-electron chi connectivity index (χ2n) is 8.18. The van der Waals surface area contributed by atoms with E-state index in [1.54, 1.807) is 55.7 Å². The van der Waals surface area contributed by atoms with Crippen molar-refractivity contribution in [2.75, 3.05) is 11.5 Å². The lowest BCUT2D eigenvalue weighted by Crippen LogP contribution is -2.31. The summed E-state index contributed by atoms with van der Waals surface area (Å²) in [5.74, 6) is -1.81. The SMILES string of the molecule is CCOC(=O)Cc1ccc(N2C(=O)C(O)=C(C(=O)CCc3ccccc3)C2c2ccncc2)cc1. The molecule has 1 aliphatic rings. The average Bonchev–Trinajstić information content (AvgIpc) is 3.15. The molecule has 7 heteroatoms. The molecule has 7 nitrogen and oxygen atoms in total. The van der Waals surface area contributed by atoms with Gasteiger partial charge in [0.15, 0.2) is 11.5 Å². The number of carbonyl (C=O) groups excluding carboxylic acids is 3. The van der Waals surface area contributed by atoms with E-state index in [4.69, 9.17) is 4.74 Å². The second-order valence-corrected chi connectivity index (χ2v) is 8.18. The van der Waals surface area contributed by atoms with Gasteiger partial charge in [-0.15, -0.1) is 0 Å². The number of rotatable bonds is 9. The Hall–Kier alpha value is -4.26. The minimum atomic E-state index is -0.787. The van der Waals surface area contributed by atoms with E-state index in [-0.39, 0.29) is 30.2 Å². The van der Waals surface area contributed by atoms with Crippen LogP contribution in [0.5, 0.6) is 0 Å². The summed E-state index contributed by atoms with van der Waals surface area (Å²) in [5, 5.41) is 10.8. The number of nitrogens with zero attached hydrogens (tertiary/aromatic N) is 2. The fraction of sp³-hybridized carbons (Fsp3) is 0.214. The molecule has 1 aliphatic heterocycles. The minimum absolute atomic E-state index is 0.0766. The number of anilines is 1. The Morgan fingerprint density at radius 3 is 2.31 bits per heavy atom. The van der Waals surface area contributed by atoms with E-state index in [0.29, 0.717) is 24.3 Å². The van der Waals surface area contributed by atoms with Gasteiger partial charge in [-0.2, -0.15) is 0 Å². The predicted octanol–water partition coefficient (Wildman–Crippen LogP) is 4.29. The van der Waals surface area contributed by atoms with Gasteiger partial charge in [0.1, 0.15) is 0 Å². The fourth-order valence-corrected chi connectivity index (χ4v) is 4.21. The average molecular weight is 471 g/mol. The zero-order valence-electron chi connectivity index (χ0n) is 19.4. The molecule has 2 heterocycles. The van der Waals surface area contributed by atoms with Crippen LogP contribution in [0.2, 0.25) is 0 Å². The molecular formula is C28H26N2O5. The van der Waals surface area contributed by atoms with Crippen LogP contribution in [0.4, 0.5) is 5.69 Å². The number of carbonyl (C=O) groups is 3. The number of ketones is 1. The lowest BCUT2D eigenvalue weighted by molar-refractivity contribution is -0.142. The molecule has 0 spiro atoms. The van der Waals surface area contributed by atoms with Gasteiger partial charge in [-0.1, -0.05) is 42.5 Å². The van der Waals surface area contributed by atoms with Crippen molar-refractivity contribution in [1.29, 1.82) is 0 Å². The van der Waals surface area contributed by atoms with Crippen LogP contribution in [0.15, 0.2) is 90.5 Å². The summed E-state index contributed by atoms with van der Waals surface area (Å²) in [6.07, 6.45) is 3.94. The zero-order chi connectivity index (χ0) is 24.8. The number of amides is 1. The third-order valence-electron chi connectivity index (χ3n) is 5.88. The summed E-state index contributed by atoms with van der Waals surface area (Å²) in [6.45, 7) is 2.05. The largest absolute Gasteiger partial charge is 0.503 e. The zero-order valence-corrected chi connectivity index (χ0v) is 19.4. The third kappa shape index (κ3) is 5.30. The number of pyridine rings is 1. The fourth-order valence-electron chi connectivity index (χ4n) is 4.21. The topological polar surface area (TPSA) is 96.8 Å². The molecule has 1 N–H and O–H groups in total. The number of aromatic nitrogens is 1. The lowest BCUT2D eigenvalue weighted by atomic mass is 9.93. The summed E-state index contributed by atoms with van der Waals surface area (Å²) in [7, 11) is 0. The number of aliphatic hydroxyl groups excluding tert-OH is 1. The number of aliphatic hydroxyl groups is 1. The number of aryl methyl sites for hydroxylation is 1. The van der Waals surface area contributed by atoms with E-state index in [2.05, 4.69) is 4.98 Å². The van der Waals surface area contributed by atoms with Crippen molar-refractivity contribution in [3.8, 4) is 0 Å². The van der Waals surface area contributed by atoms with Crippen LogP contribution in [0, 0.1) is 0 Å². The highest BCUT2D eigenvalue weighted by molar-refractivity contribution is 6.16. The summed E-state index contributed by atoms with van der Waals surface area (Å²) >= 11 is 0. The summed E-state index contributed by atoms with van der Waals surface area (Å²) in [5.41, 5.74) is 2.97. The Morgan fingerprint density at radius 2 is 1.66 bits per heavy atom. The molecular weight excluding hydrogens is 444 g/mol. The normalized spacial score (nSPS) is 15.4. The van der Waals surface area contributed by atoms with Gasteiger partial charge in [-0.05, 0) is 54.3 Å². The van der Waals surface area contributed by atoms with Gasteiger partial charge in [-0.25, -0.2) is 0 Å². The quantitative estimate of drug-likeness (QED) is 0.469. The highest BCUT2D eigenvalue weighted by atomic mass is 16.5. The number of Topliss-reactive ketones (excluding diaryl/α,β-unsaturated/α-hetero) is 1. The van der Waals surface area contributed by atoms with Gasteiger partial charge in [0.05, 0.1) is 24.6 Å². The van der Waals surface area contributed by atoms with Gasteiger partial charge in [0, 0.05) is 24.5 Å². The highest BCUT2D eigenvalue weighted by Gasteiger charge is 2.44. The Kier molecular flexibility index (Phi) is 7.35. The van der Waals surface area contributed by atoms with Crippen LogP contribution in [0.1, 0.15) is 36.1 Å². The first-order chi connectivity index (χ1) is 17.0. The molecule has 0 radical (unpaired) electrons. The van der Waals surface area contributed by atoms with Crippen LogP contribution in [-0.4, -0.2) is 34.4 Å². The van der Waals surface area contributed by atoms with Crippen LogP contribution >= 0.6 is 0 Å². The summed E-state index contributed by atoms with van der Waals surface area (Å²) in [4.78, 5) is 43.8. The second kappa shape index (κ2) is 10.8. The van der Waals surface area contributed by atoms with Crippen molar-refractivity contribution in [2.45, 2.75) is 32.2 Å². The molecule has 178 valence electrons. The van der Waals surface area contributed by atoms with Crippen molar-refractivity contribution in [3.63, 3.8) is 0 Å². The predicted molar refractivity (Wildman–Crippen MR) is 131 cm³/mol. The van der Waals surface area contributed by atoms with Gasteiger partial charge >= 0.3 is 5.97 Å². The van der Waals surface area contributed by atoms with Gasteiger partial charge in [0.2, 0.25) is 0 Å². The summed E-state index contributed by atoms with van der Waals surface area (Å²) in [6, 6.07) is 19.1. The molecule has 1 amide bonds. The van der Waals surface area contributed by atoms with Crippen LogP contribution < -0.4 is 4.90 Å². The van der Waals surface area contributed by atoms with E-state index in [9.17, 15) is 19.5 Å². The Bertz CT molecular complexity index is 1240. The van der Waals surface area contributed by atoms with Gasteiger partial charge in [0.25, 0.3) is 5.91 Å². The first kappa shape index (κ1) is 23.9. The highest BCUT2D eigenvalue weighted by Crippen LogP contribution is 2.41. The molecule has 0 fully saturated rings. The van der Waals surface area contributed by atoms with Crippen LogP contribution in [0.3, 0.4) is 0 Å². The molecule has 0 bridgehead atoms. The van der Waals surface area contributed by atoms with Crippen molar-refractivity contribution >= 4 is 23.3 Å². The van der Waals surface area contributed by atoms with Crippen molar-refractivity contribution in [2.24, 2.45) is 0 Å². The molecule has 1 unspecified atom stereocenters. The molecule has 0 saturated heterocycles. The van der Waals surface area contributed by atoms with Crippen molar-refractivity contribution < 1.29 is 24.2 Å². The van der Waals surface area contributed by atoms with E-state index in [0.717, 1.165) is 11.1 Å². The first-order valence-electron chi connectivity index (χ1n) is 11.5. The summed E-state index contributed by atoms with van der Waals surface area (Å²) < 4.78 is 4.99. The smallest absolute Gasteiger partial charge is 0.310 e. The molecule has 35 heavy (non-hydrogen) atoms. The maximum atomic E-state index is 13.3. The minimum Gasteiger partial charge on any atom is -0.503 e. The van der Waals surface area contributed by atoms with Gasteiger partial charge in [-0.3, -0.25) is 24.3 Å². The number of esters is 1. The molecule has 1 atom stereocenters. The van der Waals surface area contributed by atoms with E-state index >= 15 is 0 Å². The third-order valence-corrected chi connectivity index (χ3v) is 5.88. The van der Waals surface area contributed by atoms with E-state index in [1.165, 1.54) is 4.90 Å². The Morgan fingerprint density at radius 1 is 0.971 bits per heavy atom. The number of benzene rings is 2. The molecule has 1 aromatic heterocycles. The van der Waals surface area contributed by atoms with E-state index in [1.807, 2.05) is 30.3 Å². The number of hydrogen-bond donors (Lipinski definition) is 1. The maximum absolute atomic E-state index is 13.3. The first-order valence-corrected chi connectivity index (χ1v) is 11.5. The molecule has 2 aromatic carbocycles. The Labute approximate surface area is 203 Å². The molecule has 0 saturated carbocycles. The number of hydrogen-bond acceptors (Lipinski definition) is 6. The monoisotopic (exact) mass is 470 g/mol. The lowest BCUT2D eigenvalue weighted by Gasteiger charge is -2.27. The van der Waals surface area contributed by atoms with Gasteiger partial charge < -0.3 is 9.84 Å². The Balaban J connectivity index is 1.63.